The maximum Gasteiger partial charge on any atom is 0.157 e. The van der Waals surface area contributed by atoms with Crippen molar-refractivity contribution in [3.05, 3.63) is 34.7 Å². The standard InChI is InChI=1S/C20H37N3O2.C20H39NO2.H2O.H4P2/c21-23-22-17-13-10-8-6-4-2-1-3-5-7-9-11-14-18-24-20-16-12-15-19-25-20;21-17-13-10-8-6-4-2-1-3-5-7-9-11-14-18-22-20-16-12-15-19-23-20;;1-2/h4,6,20H,1-3,5,7-19H2;4,6,20H,1-3,5,7-19,21H2;1H2;1-2H2/b2*6-4-;;/i;;;1T. The van der Waals surface area contributed by atoms with E-state index >= 15 is 0 Å². The van der Waals surface area contributed by atoms with Gasteiger partial charge >= 0.3 is 0 Å². The van der Waals surface area contributed by atoms with Crippen LogP contribution in [0.2, 0.25) is 0 Å². The number of allylic oxidation sites excluding steroid dienone is 4. The topological polar surface area (TPSA) is 143 Å². The van der Waals surface area contributed by atoms with E-state index in [1.807, 2.05) is 0 Å². The molecule has 4 N–H and O–H groups in total. The molecular weight excluding hydrogens is 678 g/mol. The van der Waals surface area contributed by atoms with Crippen molar-refractivity contribution in [2.75, 3.05) is 39.5 Å². The molecule has 0 spiro atoms. The van der Waals surface area contributed by atoms with Crippen molar-refractivity contribution in [1.82, 2.24) is 0 Å². The molecule has 0 aromatic carbocycles. The summed E-state index contributed by atoms with van der Waals surface area (Å²) in [7, 11) is 2.52. The molecule has 0 amide bonds. The summed E-state index contributed by atoms with van der Waals surface area (Å²) in [6.07, 6.45) is 44.2. The van der Waals surface area contributed by atoms with Crippen molar-refractivity contribution >= 4 is 17.8 Å². The average Bonchev–Trinajstić information content (AvgIpc) is 3.16. The van der Waals surface area contributed by atoms with Crippen LogP contribution in [0.3, 0.4) is 0 Å². The normalized spacial score (nSPS) is 17.7. The van der Waals surface area contributed by atoms with E-state index in [1.165, 1.54) is 141 Å². The van der Waals surface area contributed by atoms with Gasteiger partial charge in [0.25, 0.3) is 0 Å². The van der Waals surface area contributed by atoms with E-state index in [1.54, 1.807) is 0 Å². The van der Waals surface area contributed by atoms with E-state index in [2.05, 4.69) is 43.3 Å². The Morgan fingerprint density at radius 2 is 1.00 bits per heavy atom. The molecule has 11 heteroatoms. The van der Waals surface area contributed by atoms with Gasteiger partial charge < -0.3 is 30.2 Å². The van der Waals surface area contributed by atoms with Crippen LogP contribution in [-0.2, 0) is 18.9 Å². The highest BCUT2D eigenvalue weighted by Crippen LogP contribution is 2.16. The molecule has 4 unspecified atom stereocenters. The first-order valence-electron chi connectivity index (χ1n) is 21.1. The quantitative estimate of drug-likeness (QED) is 0.0187. The minimum Gasteiger partial charge on any atom is -0.412 e. The third-order valence-corrected chi connectivity index (χ3v) is 9.01. The minimum absolute atomic E-state index is 0. The summed E-state index contributed by atoms with van der Waals surface area (Å²) in [5, 5.41) is 3.54. The van der Waals surface area contributed by atoms with Crippen molar-refractivity contribution in [1.29, 1.82) is 1.28 Å². The predicted octanol–water partition coefficient (Wildman–Crippen LogP) is 11.8. The number of hydrogen-bond donors (Lipinski definition) is 1. The first-order valence-corrected chi connectivity index (χ1v) is 22.9. The predicted molar refractivity (Wildman–Crippen MR) is 225 cm³/mol. The van der Waals surface area contributed by atoms with E-state index in [0.29, 0.717) is 6.54 Å². The average molecular weight is 763 g/mol. The molecule has 4 atom stereocenters. The number of rotatable bonds is 31. The van der Waals surface area contributed by atoms with Crippen LogP contribution in [0.1, 0.15) is 180 Å². The van der Waals surface area contributed by atoms with Crippen molar-refractivity contribution in [2.45, 2.75) is 192 Å². The van der Waals surface area contributed by atoms with Gasteiger partial charge in [-0.25, -0.2) is 0 Å². The SMILES string of the molecule is NCCCC/C=C\CCCCCCCCCOC1CCCCO1.O.[3H]PP.[N-]=[N+]=NCCCC/C=C\CCCCCCCCCOC1CCCCO1. The lowest BCUT2D eigenvalue weighted by Gasteiger charge is -2.22. The van der Waals surface area contributed by atoms with Crippen LogP contribution in [0, 0.1) is 0 Å². The summed E-state index contributed by atoms with van der Waals surface area (Å²) in [5.41, 5.74) is 13.6. The second kappa shape index (κ2) is 47.4. The lowest BCUT2D eigenvalue weighted by Crippen LogP contribution is -2.22. The number of azide groups is 1. The maximum atomic E-state index is 8.16. The summed E-state index contributed by atoms with van der Waals surface area (Å²) >= 11 is 0. The molecule has 2 aliphatic heterocycles. The number of unbranched alkanes of at least 4 members (excludes halogenated alkanes) is 18. The largest absolute Gasteiger partial charge is 0.412 e. The number of nitrogens with two attached hydrogens (primary N) is 1. The highest BCUT2D eigenvalue weighted by molar-refractivity contribution is 7.92. The zero-order valence-corrected chi connectivity index (χ0v) is 34.8. The Morgan fingerprint density at radius 1 is 0.627 bits per heavy atom. The fourth-order valence-electron chi connectivity index (χ4n) is 5.98. The minimum atomic E-state index is 0. The zero-order chi connectivity index (χ0) is 37.0. The van der Waals surface area contributed by atoms with Crippen LogP contribution in [0.25, 0.3) is 10.4 Å². The summed E-state index contributed by atoms with van der Waals surface area (Å²) in [6.45, 7) is 4.95. The molecule has 2 heterocycles. The smallest absolute Gasteiger partial charge is 0.157 e. The Morgan fingerprint density at radius 3 is 1.37 bits per heavy atom. The van der Waals surface area contributed by atoms with E-state index in [0.717, 1.165) is 71.5 Å². The van der Waals surface area contributed by atoms with Crippen LogP contribution in [0.4, 0.5) is 0 Å². The van der Waals surface area contributed by atoms with Gasteiger partial charge in [0.05, 0.1) is 1.28 Å². The monoisotopic (exact) mass is 763 g/mol. The molecule has 2 rings (SSSR count). The summed E-state index contributed by atoms with van der Waals surface area (Å²) in [4.78, 5) is 2.75. The van der Waals surface area contributed by atoms with Gasteiger partial charge in [0.1, 0.15) is 0 Å². The van der Waals surface area contributed by atoms with Crippen LogP contribution >= 0.6 is 17.8 Å². The van der Waals surface area contributed by atoms with Crippen molar-refractivity contribution in [3.8, 4) is 0 Å². The zero-order valence-electron chi connectivity index (χ0n) is 33.6. The number of hydrogen-bond acceptors (Lipinski definition) is 6. The van der Waals surface area contributed by atoms with Gasteiger partial charge in [-0.2, -0.15) is 0 Å². The lowest BCUT2D eigenvalue weighted by atomic mass is 10.1. The highest BCUT2D eigenvalue weighted by Gasteiger charge is 2.14. The van der Waals surface area contributed by atoms with Gasteiger partial charge in [0, 0.05) is 37.9 Å². The highest BCUT2D eigenvalue weighted by atomic mass is 32.0. The Labute approximate surface area is 320 Å². The Hall–Kier alpha value is -0.590. The van der Waals surface area contributed by atoms with Crippen molar-refractivity contribution in [2.24, 2.45) is 10.8 Å². The third-order valence-electron chi connectivity index (χ3n) is 9.01. The third kappa shape index (κ3) is 42.0. The summed E-state index contributed by atoms with van der Waals surface area (Å²) < 4.78 is 28.8. The fraction of sp³-hybridized carbons (Fsp3) is 0.900. The molecule has 9 nitrogen and oxygen atoms in total. The Kier molecular flexibility index (Phi) is 46.9. The molecule has 0 aromatic rings. The maximum absolute atomic E-state index is 8.16. The molecule has 51 heavy (non-hydrogen) atoms. The van der Waals surface area contributed by atoms with Crippen LogP contribution in [0.5, 0.6) is 0 Å². The first-order chi connectivity index (χ1) is 25.3. The number of nitrogens with zero attached hydrogens (tertiary/aromatic N) is 3. The van der Waals surface area contributed by atoms with E-state index < -0.39 is 0 Å². The molecular formula is C40H82N4O5P2. The van der Waals surface area contributed by atoms with Gasteiger partial charge in [-0.15, -0.1) is 17.8 Å². The molecule has 302 valence electrons. The second-order valence-electron chi connectivity index (χ2n) is 13.5. The van der Waals surface area contributed by atoms with E-state index in [-0.39, 0.29) is 26.9 Å². The molecule has 2 aliphatic rings. The van der Waals surface area contributed by atoms with Crippen LogP contribution < -0.4 is 5.73 Å². The molecule has 2 saturated heterocycles. The number of ether oxygens (including phenoxy) is 4. The Bertz CT molecular complexity index is 785. The lowest BCUT2D eigenvalue weighted by molar-refractivity contribution is -0.163. The van der Waals surface area contributed by atoms with E-state index in [4.69, 9.17) is 31.5 Å². The van der Waals surface area contributed by atoms with Crippen molar-refractivity contribution < 1.29 is 24.4 Å². The van der Waals surface area contributed by atoms with Gasteiger partial charge in [-0.1, -0.05) is 93.6 Å². The fourth-order valence-corrected chi connectivity index (χ4v) is 5.98. The van der Waals surface area contributed by atoms with Crippen LogP contribution in [-0.4, -0.2) is 58.9 Å². The van der Waals surface area contributed by atoms with Gasteiger partial charge in [0.2, 0.25) is 0 Å². The molecule has 0 radical (unpaired) electrons. The first kappa shape index (κ1) is 50.4. The summed E-state index contributed by atoms with van der Waals surface area (Å²) in [6, 6.07) is 0. The van der Waals surface area contributed by atoms with E-state index in [9.17, 15) is 0 Å². The second-order valence-corrected chi connectivity index (χ2v) is 13.5. The molecule has 0 aromatic heterocycles. The van der Waals surface area contributed by atoms with Gasteiger partial charge in [-0.3, -0.25) is 0 Å². The molecule has 0 bridgehead atoms. The summed E-state index contributed by atoms with van der Waals surface area (Å²) in [5.74, 6) is 0. The van der Waals surface area contributed by atoms with Gasteiger partial charge in [0.15, 0.2) is 12.6 Å². The molecule has 0 aliphatic carbocycles. The van der Waals surface area contributed by atoms with Gasteiger partial charge in [-0.05, 0) is 128 Å². The van der Waals surface area contributed by atoms with Crippen LogP contribution in [0.15, 0.2) is 29.4 Å². The molecule has 2 fully saturated rings. The molecule has 0 saturated carbocycles. The van der Waals surface area contributed by atoms with Crippen molar-refractivity contribution in [3.63, 3.8) is 0 Å². The Balaban J connectivity index is 0.